The van der Waals surface area contributed by atoms with Gasteiger partial charge in [0, 0.05) is 12.5 Å². The van der Waals surface area contributed by atoms with Crippen LogP contribution in [-0.2, 0) is 6.42 Å². The molecule has 0 saturated carbocycles. The number of hydrogen-bond acceptors (Lipinski definition) is 2. The van der Waals surface area contributed by atoms with Crippen molar-refractivity contribution in [2.24, 2.45) is 0 Å². The molecule has 0 bridgehead atoms. The second kappa shape index (κ2) is 4.96. The zero-order chi connectivity index (χ0) is 13.1. The van der Waals surface area contributed by atoms with Gasteiger partial charge in [-0.25, -0.2) is 8.78 Å². The molecule has 2 aromatic carbocycles. The SMILES string of the molecule is O=C(Cc1cccc(O)c1)c1ccc(F)cc1F. The van der Waals surface area contributed by atoms with Crippen molar-refractivity contribution >= 4 is 5.78 Å². The number of benzene rings is 2. The maximum absolute atomic E-state index is 13.4. The highest BCUT2D eigenvalue weighted by molar-refractivity contribution is 5.97. The first-order valence-corrected chi connectivity index (χ1v) is 5.32. The molecular weight excluding hydrogens is 238 g/mol. The smallest absolute Gasteiger partial charge is 0.170 e. The van der Waals surface area contributed by atoms with Crippen molar-refractivity contribution in [1.82, 2.24) is 0 Å². The van der Waals surface area contributed by atoms with Crippen LogP contribution in [0.4, 0.5) is 8.78 Å². The number of phenolic OH excluding ortho intramolecular Hbond substituents is 1. The zero-order valence-electron chi connectivity index (χ0n) is 9.36. The number of aromatic hydroxyl groups is 1. The number of halogens is 2. The lowest BCUT2D eigenvalue weighted by atomic mass is 10.0. The monoisotopic (exact) mass is 248 g/mol. The van der Waals surface area contributed by atoms with Crippen molar-refractivity contribution in [3.8, 4) is 5.75 Å². The van der Waals surface area contributed by atoms with E-state index in [2.05, 4.69) is 0 Å². The van der Waals surface area contributed by atoms with E-state index in [1.807, 2.05) is 0 Å². The third kappa shape index (κ3) is 2.71. The second-order valence-electron chi connectivity index (χ2n) is 3.89. The van der Waals surface area contributed by atoms with E-state index in [0.717, 1.165) is 12.1 Å². The van der Waals surface area contributed by atoms with Gasteiger partial charge in [0.1, 0.15) is 17.4 Å². The van der Waals surface area contributed by atoms with Crippen molar-refractivity contribution in [2.75, 3.05) is 0 Å². The lowest BCUT2D eigenvalue weighted by Crippen LogP contribution is -2.06. The van der Waals surface area contributed by atoms with Crippen molar-refractivity contribution in [3.63, 3.8) is 0 Å². The molecule has 0 aliphatic carbocycles. The Morgan fingerprint density at radius 3 is 2.56 bits per heavy atom. The van der Waals surface area contributed by atoms with Crippen LogP contribution in [0.3, 0.4) is 0 Å². The molecule has 2 rings (SSSR count). The fraction of sp³-hybridized carbons (Fsp3) is 0.0714. The predicted octanol–water partition coefficient (Wildman–Crippen LogP) is 3.10. The molecule has 0 unspecified atom stereocenters. The quantitative estimate of drug-likeness (QED) is 0.847. The van der Waals surface area contributed by atoms with Gasteiger partial charge in [-0.1, -0.05) is 12.1 Å². The summed E-state index contributed by atoms with van der Waals surface area (Å²) in [5.74, 6) is -2.01. The third-order valence-corrected chi connectivity index (χ3v) is 2.51. The van der Waals surface area contributed by atoms with E-state index in [-0.39, 0.29) is 17.7 Å². The van der Waals surface area contributed by atoms with E-state index >= 15 is 0 Å². The zero-order valence-corrected chi connectivity index (χ0v) is 9.36. The van der Waals surface area contributed by atoms with Crippen molar-refractivity contribution in [1.29, 1.82) is 0 Å². The molecule has 1 N–H and O–H groups in total. The van der Waals surface area contributed by atoms with Crippen LogP contribution in [0.5, 0.6) is 5.75 Å². The highest BCUT2D eigenvalue weighted by Gasteiger charge is 2.13. The van der Waals surface area contributed by atoms with Crippen LogP contribution < -0.4 is 0 Å². The van der Waals surface area contributed by atoms with Gasteiger partial charge in [-0.2, -0.15) is 0 Å². The van der Waals surface area contributed by atoms with Crippen molar-refractivity contribution < 1.29 is 18.7 Å². The molecule has 92 valence electrons. The number of carbonyl (C=O) groups is 1. The van der Waals surface area contributed by atoms with Gasteiger partial charge in [0.15, 0.2) is 5.78 Å². The lowest BCUT2D eigenvalue weighted by Gasteiger charge is -2.03. The number of Topliss-reactive ketones (excluding diaryl/α,β-unsaturated/α-hetero) is 1. The molecule has 0 aliphatic heterocycles. The number of carbonyl (C=O) groups excluding carboxylic acids is 1. The fourth-order valence-electron chi connectivity index (χ4n) is 1.66. The number of phenols is 1. The molecular formula is C14H10F2O2. The first-order valence-electron chi connectivity index (χ1n) is 5.32. The second-order valence-corrected chi connectivity index (χ2v) is 3.89. The van der Waals surface area contributed by atoms with Crippen LogP contribution >= 0.6 is 0 Å². The molecule has 4 heteroatoms. The van der Waals surface area contributed by atoms with Gasteiger partial charge in [0.25, 0.3) is 0 Å². The summed E-state index contributed by atoms with van der Waals surface area (Å²) in [6.45, 7) is 0. The van der Waals surface area contributed by atoms with Crippen LogP contribution in [0.1, 0.15) is 15.9 Å². The van der Waals surface area contributed by atoms with Gasteiger partial charge in [-0.15, -0.1) is 0 Å². The maximum Gasteiger partial charge on any atom is 0.170 e. The Balaban J connectivity index is 2.22. The van der Waals surface area contributed by atoms with Gasteiger partial charge in [-0.05, 0) is 29.8 Å². The third-order valence-electron chi connectivity index (χ3n) is 2.51. The van der Waals surface area contributed by atoms with Crippen LogP contribution in [0, 0.1) is 11.6 Å². The van der Waals surface area contributed by atoms with Crippen molar-refractivity contribution in [3.05, 3.63) is 65.2 Å². The number of rotatable bonds is 3. The average Bonchev–Trinajstić information content (AvgIpc) is 2.28. The Labute approximate surface area is 103 Å². The van der Waals surface area contributed by atoms with Gasteiger partial charge >= 0.3 is 0 Å². The van der Waals surface area contributed by atoms with Crippen LogP contribution in [0.25, 0.3) is 0 Å². The molecule has 18 heavy (non-hydrogen) atoms. The molecule has 0 saturated heterocycles. The molecule has 0 amide bonds. The maximum atomic E-state index is 13.4. The minimum atomic E-state index is -0.875. The Hall–Kier alpha value is -2.23. The van der Waals surface area contributed by atoms with Crippen LogP contribution in [0.2, 0.25) is 0 Å². The lowest BCUT2D eigenvalue weighted by molar-refractivity contribution is 0.0989. The number of ketones is 1. The Morgan fingerprint density at radius 1 is 1.11 bits per heavy atom. The summed E-state index contributed by atoms with van der Waals surface area (Å²) in [4.78, 5) is 11.8. The van der Waals surface area contributed by atoms with Crippen LogP contribution in [-0.4, -0.2) is 10.9 Å². The van der Waals surface area contributed by atoms with Gasteiger partial charge < -0.3 is 5.11 Å². The molecule has 0 spiro atoms. The highest BCUT2D eigenvalue weighted by Crippen LogP contribution is 2.16. The van der Waals surface area contributed by atoms with E-state index < -0.39 is 17.4 Å². The number of hydrogen-bond donors (Lipinski definition) is 1. The summed E-state index contributed by atoms with van der Waals surface area (Å²) in [6.07, 6.45) is -0.0447. The average molecular weight is 248 g/mol. The molecule has 0 aromatic heterocycles. The van der Waals surface area contributed by atoms with Gasteiger partial charge in [0.2, 0.25) is 0 Å². The summed E-state index contributed by atoms with van der Waals surface area (Å²) in [6, 6.07) is 8.99. The minimum Gasteiger partial charge on any atom is -0.508 e. The molecule has 2 nitrogen and oxygen atoms in total. The summed E-state index contributed by atoms with van der Waals surface area (Å²) >= 11 is 0. The summed E-state index contributed by atoms with van der Waals surface area (Å²) in [5.41, 5.74) is 0.420. The van der Waals surface area contributed by atoms with E-state index in [1.165, 1.54) is 12.1 Å². The van der Waals surface area contributed by atoms with Gasteiger partial charge in [-0.3, -0.25) is 4.79 Å². The fourth-order valence-corrected chi connectivity index (χ4v) is 1.66. The first kappa shape index (κ1) is 12.2. The van der Waals surface area contributed by atoms with Gasteiger partial charge in [0.05, 0.1) is 5.56 Å². The van der Waals surface area contributed by atoms with E-state index in [1.54, 1.807) is 12.1 Å². The Bertz CT molecular complexity index is 594. The van der Waals surface area contributed by atoms with E-state index in [0.29, 0.717) is 11.6 Å². The highest BCUT2D eigenvalue weighted by atomic mass is 19.1. The Kier molecular flexibility index (Phi) is 3.37. The van der Waals surface area contributed by atoms with Crippen molar-refractivity contribution in [2.45, 2.75) is 6.42 Å². The van der Waals surface area contributed by atoms with Crippen LogP contribution in [0.15, 0.2) is 42.5 Å². The summed E-state index contributed by atoms with van der Waals surface area (Å²) in [5, 5.41) is 9.25. The molecule has 0 fully saturated rings. The standard InChI is InChI=1S/C14H10F2O2/c15-10-4-5-12(13(16)8-10)14(18)7-9-2-1-3-11(17)6-9/h1-6,8,17H,7H2. The first-order chi connectivity index (χ1) is 8.56. The molecule has 0 aliphatic rings. The largest absolute Gasteiger partial charge is 0.508 e. The normalized spacial score (nSPS) is 10.3. The Morgan fingerprint density at radius 2 is 1.89 bits per heavy atom. The predicted molar refractivity (Wildman–Crippen MR) is 62.5 cm³/mol. The summed E-state index contributed by atoms with van der Waals surface area (Å²) in [7, 11) is 0. The summed E-state index contributed by atoms with van der Waals surface area (Å²) < 4.78 is 26.1. The molecule has 0 atom stereocenters. The molecule has 2 aromatic rings. The molecule has 0 radical (unpaired) electrons. The van der Waals surface area contributed by atoms with E-state index in [9.17, 15) is 18.7 Å². The topological polar surface area (TPSA) is 37.3 Å². The minimum absolute atomic E-state index is 0.0416. The van der Waals surface area contributed by atoms with E-state index in [4.69, 9.17) is 0 Å². The molecule has 0 heterocycles.